The second kappa shape index (κ2) is 7.50. The molecule has 10 heteroatoms. The van der Waals surface area contributed by atoms with Gasteiger partial charge in [-0.3, -0.25) is 14.3 Å². The maximum Gasteiger partial charge on any atom is 0.750 e. The van der Waals surface area contributed by atoms with Crippen molar-refractivity contribution in [2.45, 2.75) is 12.5 Å². The highest BCUT2D eigenvalue weighted by molar-refractivity contribution is 7.33. The summed E-state index contributed by atoms with van der Waals surface area (Å²) in [6.07, 6.45) is -0.180. The maximum absolute atomic E-state index is 11.7. The highest BCUT2D eigenvalue weighted by Crippen LogP contribution is 2.29. The van der Waals surface area contributed by atoms with Crippen LogP contribution in [-0.4, -0.2) is 29.1 Å². The number of para-hydroxylation sites is 1. The van der Waals surface area contributed by atoms with Gasteiger partial charge in [-0.2, -0.15) is 0 Å². The standard InChI is InChI=1S/C14H13N2O7P/c17-11-6-7-16(14(18)15-11)12-8-20-13(22-12)9-21-24(19)23-10-4-2-1-3-5-10/h1-7,12-13H,8-9H2/p+1/t12-,13-/m0/s1. The monoisotopic (exact) mass is 353 g/mol. The van der Waals surface area contributed by atoms with Crippen molar-refractivity contribution in [2.24, 2.45) is 0 Å². The molecule has 1 aromatic heterocycles. The molecule has 3 rings (SSSR count). The Morgan fingerprint density at radius 3 is 2.79 bits per heavy atom. The van der Waals surface area contributed by atoms with Gasteiger partial charge in [0.1, 0.15) is 0 Å². The van der Waals surface area contributed by atoms with Gasteiger partial charge in [0.25, 0.3) is 5.56 Å². The third-order valence-electron chi connectivity index (χ3n) is 3.13. The lowest BCUT2D eigenvalue weighted by Crippen LogP contribution is -2.32. The second-order valence-corrected chi connectivity index (χ2v) is 5.68. The fourth-order valence-corrected chi connectivity index (χ4v) is 2.64. The number of H-pyrrole nitrogens is 1. The van der Waals surface area contributed by atoms with E-state index in [4.69, 9.17) is 18.5 Å². The molecular weight excluding hydrogens is 339 g/mol. The minimum atomic E-state index is -2.38. The van der Waals surface area contributed by atoms with Crippen LogP contribution < -0.4 is 15.8 Å². The third-order valence-corrected chi connectivity index (χ3v) is 3.85. The Balaban J connectivity index is 1.50. The van der Waals surface area contributed by atoms with Crippen molar-refractivity contribution in [3.63, 3.8) is 0 Å². The van der Waals surface area contributed by atoms with Gasteiger partial charge in [-0.25, -0.2) is 9.32 Å². The van der Waals surface area contributed by atoms with Crippen molar-refractivity contribution >= 4 is 8.25 Å². The highest BCUT2D eigenvalue weighted by Gasteiger charge is 2.32. The zero-order chi connectivity index (χ0) is 16.9. The van der Waals surface area contributed by atoms with Crippen LogP contribution in [0, 0.1) is 0 Å². The van der Waals surface area contributed by atoms with E-state index in [1.807, 2.05) is 0 Å². The van der Waals surface area contributed by atoms with Crippen LogP contribution in [0.15, 0.2) is 52.2 Å². The molecule has 9 nitrogen and oxygen atoms in total. The van der Waals surface area contributed by atoms with Gasteiger partial charge < -0.3 is 9.47 Å². The van der Waals surface area contributed by atoms with Crippen LogP contribution >= 0.6 is 8.25 Å². The molecule has 2 aromatic rings. The molecule has 3 atom stereocenters. The van der Waals surface area contributed by atoms with Crippen molar-refractivity contribution in [1.82, 2.24) is 9.55 Å². The Kier molecular flexibility index (Phi) is 5.17. The minimum Gasteiger partial charge on any atom is -0.345 e. The SMILES string of the molecule is O=c1ccn([C@@H]2CO[C@H](CO[P+](=O)Oc3ccccc3)O2)c(=O)[nH]1. The molecule has 0 saturated carbocycles. The van der Waals surface area contributed by atoms with Gasteiger partial charge in [-0.05, 0) is 12.1 Å². The predicted molar refractivity (Wildman–Crippen MR) is 81.8 cm³/mol. The van der Waals surface area contributed by atoms with E-state index in [1.165, 1.54) is 16.8 Å². The highest BCUT2D eigenvalue weighted by atomic mass is 31.1. The van der Waals surface area contributed by atoms with Crippen LogP contribution in [0.3, 0.4) is 0 Å². The molecule has 24 heavy (non-hydrogen) atoms. The topological polar surface area (TPSA) is 109 Å². The van der Waals surface area contributed by atoms with Gasteiger partial charge >= 0.3 is 13.9 Å². The van der Waals surface area contributed by atoms with E-state index < -0.39 is 32.0 Å². The zero-order valence-corrected chi connectivity index (χ0v) is 13.3. The smallest absolute Gasteiger partial charge is 0.345 e. The molecule has 1 unspecified atom stereocenters. The summed E-state index contributed by atoms with van der Waals surface area (Å²) in [5, 5.41) is 0. The van der Waals surface area contributed by atoms with Crippen molar-refractivity contribution in [3.05, 3.63) is 63.4 Å². The molecule has 1 fully saturated rings. The molecule has 0 amide bonds. The summed E-state index contributed by atoms with van der Waals surface area (Å²) >= 11 is 0. The summed E-state index contributed by atoms with van der Waals surface area (Å²) in [5.74, 6) is 0.421. The molecule has 1 aliphatic rings. The molecule has 1 aromatic carbocycles. The van der Waals surface area contributed by atoms with Gasteiger partial charge in [-0.15, -0.1) is 4.52 Å². The normalized spacial score (nSPS) is 20.8. The van der Waals surface area contributed by atoms with Gasteiger partial charge in [0.2, 0.25) is 0 Å². The lowest BCUT2D eigenvalue weighted by molar-refractivity contribution is -0.0939. The predicted octanol–water partition coefficient (Wildman–Crippen LogP) is 1.16. The van der Waals surface area contributed by atoms with Crippen LogP contribution in [0.4, 0.5) is 0 Å². The molecule has 0 radical (unpaired) electrons. The number of hydrogen-bond acceptors (Lipinski definition) is 7. The summed E-state index contributed by atoms with van der Waals surface area (Å²) in [4.78, 5) is 24.8. The summed E-state index contributed by atoms with van der Waals surface area (Å²) in [7, 11) is -2.38. The van der Waals surface area contributed by atoms with Crippen molar-refractivity contribution in [1.29, 1.82) is 0 Å². The van der Waals surface area contributed by atoms with Gasteiger partial charge in [0, 0.05) is 16.8 Å². The van der Waals surface area contributed by atoms with Gasteiger partial charge in [0.15, 0.2) is 24.9 Å². The van der Waals surface area contributed by atoms with Crippen molar-refractivity contribution in [2.75, 3.05) is 13.2 Å². The summed E-state index contributed by atoms with van der Waals surface area (Å²) < 4.78 is 33.9. The zero-order valence-electron chi connectivity index (χ0n) is 12.4. The molecule has 0 aliphatic carbocycles. The Hall–Kier alpha value is -2.32. The number of hydrogen-bond donors (Lipinski definition) is 1. The van der Waals surface area contributed by atoms with E-state index in [-0.39, 0.29) is 13.2 Å². The van der Waals surface area contributed by atoms with Gasteiger partial charge in [-0.1, -0.05) is 18.2 Å². The van der Waals surface area contributed by atoms with Crippen LogP contribution in [-0.2, 0) is 18.6 Å². The largest absolute Gasteiger partial charge is 0.750 e. The Labute approximate surface area is 136 Å². The average molecular weight is 353 g/mol. The van der Waals surface area contributed by atoms with E-state index in [0.717, 1.165) is 0 Å². The van der Waals surface area contributed by atoms with Crippen LogP contribution in [0.25, 0.3) is 0 Å². The van der Waals surface area contributed by atoms with Crippen molar-refractivity contribution < 1.29 is 23.1 Å². The summed E-state index contributed by atoms with van der Waals surface area (Å²) in [6.45, 7) is -0.0348. The fourth-order valence-electron chi connectivity index (χ4n) is 2.05. The first kappa shape index (κ1) is 16.5. The van der Waals surface area contributed by atoms with Crippen LogP contribution in [0.1, 0.15) is 6.23 Å². The molecule has 1 N–H and O–H groups in total. The van der Waals surface area contributed by atoms with Crippen LogP contribution in [0.2, 0.25) is 0 Å². The molecule has 2 heterocycles. The van der Waals surface area contributed by atoms with E-state index in [0.29, 0.717) is 5.75 Å². The lowest BCUT2D eigenvalue weighted by Gasteiger charge is -2.11. The number of aromatic nitrogens is 2. The molecule has 0 spiro atoms. The number of aromatic amines is 1. The fraction of sp³-hybridized carbons (Fsp3) is 0.286. The lowest BCUT2D eigenvalue weighted by atomic mass is 10.3. The second-order valence-electron chi connectivity index (χ2n) is 4.79. The third kappa shape index (κ3) is 4.15. The van der Waals surface area contributed by atoms with E-state index in [9.17, 15) is 14.2 Å². The first-order valence-corrected chi connectivity index (χ1v) is 8.13. The first-order valence-electron chi connectivity index (χ1n) is 7.03. The quantitative estimate of drug-likeness (QED) is 0.776. The Morgan fingerprint density at radius 2 is 2.04 bits per heavy atom. The summed E-state index contributed by atoms with van der Waals surface area (Å²) in [6, 6.07) is 9.80. The van der Waals surface area contributed by atoms with Crippen LogP contribution in [0.5, 0.6) is 5.75 Å². The number of nitrogens with one attached hydrogen (secondary N) is 1. The summed E-state index contributed by atoms with van der Waals surface area (Å²) in [5.41, 5.74) is -1.10. The molecule has 126 valence electrons. The number of ether oxygens (including phenoxy) is 2. The molecule has 1 aliphatic heterocycles. The van der Waals surface area contributed by atoms with E-state index in [2.05, 4.69) is 4.98 Å². The van der Waals surface area contributed by atoms with Crippen molar-refractivity contribution in [3.8, 4) is 5.75 Å². The van der Waals surface area contributed by atoms with E-state index in [1.54, 1.807) is 30.3 Å². The molecule has 0 bridgehead atoms. The number of nitrogens with zero attached hydrogens (tertiary/aromatic N) is 1. The number of rotatable bonds is 6. The Bertz CT molecular complexity index is 820. The number of benzene rings is 1. The average Bonchev–Trinajstić information content (AvgIpc) is 3.02. The van der Waals surface area contributed by atoms with Gasteiger partial charge in [0.05, 0.1) is 6.61 Å². The maximum atomic E-state index is 11.7. The van der Waals surface area contributed by atoms with E-state index >= 15 is 0 Å². The Morgan fingerprint density at radius 1 is 1.25 bits per heavy atom. The first-order chi connectivity index (χ1) is 11.6. The molecule has 1 saturated heterocycles. The molecular formula is C14H14N2O7P+. The minimum absolute atomic E-state index is 0.0936.